The Bertz CT molecular complexity index is 573. The zero-order valence-corrected chi connectivity index (χ0v) is 16.1. The van der Waals surface area contributed by atoms with E-state index in [4.69, 9.17) is 9.47 Å². The fourth-order valence-electron chi connectivity index (χ4n) is 2.06. The van der Waals surface area contributed by atoms with E-state index in [0.717, 1.165) is 29.3 Å². The summed E-state index contributed by atoms with van der Waals surface area (Å²) in [5.41, 5.74) is 4.52. The third-order valence-electron chi connectivity index (χ3n) is 2.89. The highest BCUT2D eigenvalue weighted by Gasteiger charge is 2.04. The summed E-state index contributed by atoms with van der Waals surface area (Å²) in [4.78, 5) is 0. The van der Waals surface area contributed by atoms with E-state index in [1.54, 1.807) is 0 Å². The van der Waals surface area contributed by atoms with Gasteiger partial charge in [-0.05, 0) is 58.3 Å². The van der Waals surface area contributed by atoms with Gasteiger partial charge in [-0.1, -0.05) is 55.1 Å². The molecule has 0 amide bonds. The van der Waals surface area contributed by atoms with Gasteiger partial charge in [0, 0.05) is 0 Å². The summed E-state index contributed by atoms with van der Waals surface area (Å²) in [5.74, 6) is 1.75. The van der Waals surface area contributed by atoms with Crippen LogP contribution in [0.4, 0.5) is 0 Å². The Morgan fingerprint density at radius 3 is 1.92 bits per heavy atom. The summed E-state index contributed by atoms with van der Waals surface area (Å²) in [6.07, 6.45) is 2.05. The second-order valence-corrected chi connectivity index (χ2v) is 5.91. The SMILES string of the molecule is C=C(C)/C=C(/C)C(OCc1ccccc1)=C(C)C.C=C(C)OCC. The number of allylic oxidation sites excluding steroid dienone is 5. The van der Waals surface area contributed by atoms with Gasteiger partial charge in [0.2, 0.25) is 0 Å². The lowest BCUT2D eigenvalue weighted by molar-refractivity contribution is 0.203. The smallest absolute Gasteiger partial charge is 0.121 e. The minimum atomic E-state index is 0.600. The Morgan fingerprint density at radius 2 is 1.54 bits per heavy atom. The third kappa shape index (κ3) is 10.5. The van der Waals surface area contributed by atoms with Crippen molar-refractivity contribution in [1.29, 1.82) is 0 Å². The predicted octanol–water partition coefficient (Wildman–Crippen LogP) is 6.58. The van der Waals surface area contributed by atoms with Crippen LogP contribution in [-0.2, 0) is 16.1 Å². The number of hydrogen-bond acceptors (Lipinski definition) is 2. The molecule has 0 aliphatic heterocycles. The van der Waals surface area contributed by atoms with Crippen molar-refractivity contribution in [3.8, 4) is 0 Å². The molecule has 132 valence electrons. The van der Waals surface area contributed by atoms with Gasteiger partial charge in [0.15, 0.2) is 0 Å². The summed E-state index contributed by atoms with van der Waals surface area (Å²) >= 11 is 0. The van der Waals surface area contributed by atoms with Crippen molar-refractivity contribution in [2.45, 2.75) is 48.1 Å². The highest BCUT2D eigenvalue weighted by Crippen LogP contribution is 2.19. The molecule has 0 bridgehead atoms. The van der Waals surface area contributed by atoms with E-state index in [1.165, 1.54) is 11.1 Å². The van der Waals surface area contributed by atoms with E-state index < -0.39 is 0 Å². The lowest BCUT2D eigenvalue weighted by atomic mass is 10.1. The zero-order valence-electron chi connectivity index (χ0n) is 16.1. The average Bonchev–Trinajstić information content (AvgIpc) is 2.47. The van der Waals surface area contributed by atoms with E-state index >= 15 is 0 Å². The Balaban J connectivity index is 0.000000754. The first-order valence-electron chi connectivity index (χ1n) is 8.24. The molecule has 0 fully saturated rings. The first kappa shape index (κ1) is 21.8. The van der Waals surface area contributed by atoms with Crippen LogP contribution in [0.3, 0.4) is 0 Å². The van der Waals surface area contributed by atoms with Gasteiger partial charge in [-0.15, -0.1) is 0 Å². The van der Waals surface area contributed by atoms with Gasteiger partial charge in [-0.3, -0.25) is 0 Å². The minimum Gasteiger partial charge on any atom is -0.499 e. The second-order valence-electron chi connectivity index (χ2n) is 5.91. The Labute approximate surface area is 148 Å². The van der Waals surface area contributed by atoms with Crippen molar-refractivity contribution >= 4 is 0 Å². The first-order chi connectivity index (χ1) is 11.3. The second kappa shape index (κ2) is 12.2. The van der Waals surface area contributed by atoms with Crippen molar-refractivity contribution in [3.05, 3.63) is 83.4 Å². The molecule has 0 N–H and O–H groups in total. The Morgan fingerprint density at radius 1 is 0.958 bits per heavy atom. The molecular weight excluding hydrogens is 296 g/mol. The van der Waals surface area contributed by atoms with Crippen LogP contribution in [0.1, 0.15) is 47.1 Å². The average molecular weight is 328 g/mol. The highest BCUT2D eigenvalue weighted by molar-refractivity contribution is 5.33. The van der Waals surface area contributed by atoms with Crippen LogP contribution >= 0.6 is 0 Å². The fourth-order valence-corrected chi connectivity index (χ4v) is 2.06. The maximum absolute atomic E-state index is 5.92. The van der Waals surface area contributed by atoms with Gasteiger partial charge in [-0.2, -0.15) is 0 Å². The van der Waals surface area contributed by atoms with Crippen LogP contribution < -0.4 is 0 Å². The van der Waals surface area contributed by atoms with Crippen LogP contribution in [-0.4, -0.2) is 6.61 Å². The van der Waals surface area contributed by atoms with Crippen molar-refractivity contribution < 1.29 is 9.47 Å². The topological polar surface area (TPSA) is 18.5 Å². The highest BCUT2D eigenvalue weighted by atomic mass is 16.5. The van der Waals surface area contributed by atoms with Crippen LogP contribution in [0.15, 0.2) is 77.8 Å². The molecule has 0 spiro atoms. The summed E-state index contributed by atoms with van der Waals surface area (Å²) in [7, 11) is 0. The van der Waals surface area contributed by atoms with E-state index in [2.05, 4.69) is 46.1 Å². The van der Waals surface area contributed by atoms with E-state index in [1.807, 2.05) is 45.0 Å². The normalized spacial score (nSPS) is 10.2. The molecule has 1 rings (SSSR count). The monoisotopic (exact) mass is 328 g/mol. The lowest BCUT2D eigenvalue weighted by Gasteiger charge is -2.13. The first-order valence-corrected chi connectivity index (χ1v) is 8.24. The Hall–Kier alpha value is -2.22. The Kier molecular flexibility index (Phi) is 11.1. The molecule has 0 radical (unpaired) electrons. The predicted molar refractivity (Wildman–Crippen MR) is 105 cm³/mol. The molecule has 0 aromatic heterocycles. The van der Waals surface area contributed by atoms with Gasteiger partial charge >= 0.3 is 0 Å². The van der Waals surface area contributed by atoms with E-state index in [0.29, 0.717) is 6.61 Å². The quantitative estimate of drug-likeness (QED) is 0.416. The fraction of sp³-hybridized carbons (Fsp3) is 0.364. The molecule has 0 aliphatic rings. The van der Waals surface area contributed by atoms with Crippen LogP contribution in [0.2, 0.25) is 0 Å². The standard InChI is InChI=1S/C17H22O.C5H10O/c1-13(2)11-15(5)17(14(3)4)18-12-16-9-7-6-8-10-16;1-4-6-5(2)3/h6-11H,1,12H2,2-5H3;2,4H2,1,3H3/b15-11-;. The number of benzene rings is 1. The van der Waals surface area contributed by atoms with Crippen molar-refractivity contribution in [1.82, 2.24) is 0 Å². The van der Waals surface area contributed by atoms with E-state index in [9.17, 15) is 0 Å². The molecule has 0 heterocycles. The molecule has 0 atom stereocenters. The molecule has 0 saturated heterocycles. The number of hydrogen-bond donors (Lipinski definition) is 0. The van der Waals surface area contributed by atoms with Gasteiger partial charge < -0.3 is 9.47 Å². The van der Waals surface area contributed by atoms with Crippen LogP contribution in [0, 0.1) is 0 Å². The molecule has 1 aromatic carbocycles. The van der Waals surface area contributed by atoms with Gasteiger partial charge in [-0.25, -0.2) is 0 Å². The number of ether oxygens (including phenoxy) is 2. The summed E-state index contributed by atoms with van der Waals surface area (Å²) in [5, 5.41) is 0. The molecule has 2 nitrogen and oxygen atoms in total. The van der Waals surface area contributed by atoms with Gasteiger partial charge in [0.25, 0.3) is 0 Å². The summed E-state index contributed by atoms with van der Waals surface area (Å²) < 4.78 is 10.8. The third-order valence-corrected chi connectivity index (χ3v) is 2.89. The maximum Gasteiger partial charge on any atom is 0.121 e. The van der Waals surface area contributed by atoms with Crippen molar-refractivity contribution in [3.63, 3.8) is 0 Å². The van der Waals surface area contributed by atoms with Gasteiger partial charge in [0.05, 0.1) is 12.4 Å². The zero-order chi connectivity index (χ0) is 18.5. The molecule has 0 aliphatic carbocycles. The molecule has 0 saturated carbocycles. The molecule has 2 heteroatoms. The summed E-state index contributed by atoms with van der Waals surface area (Å²) in [6.45, 7) is 20.7. The van der Waals surface area contributed by atoms with Crippen molar-refractivity contribution in [2.75, 3.05) is 6.61 Å². The summed E-state index contributed by atoms with van der Waals surface area (Å²) in [6, 6.07) is 10.2. The molecule has 0 unspecified atom stereocenters. The molecular formula is C22H32O2. The van der Waals surface area contributed by atoms with Gasteiger partial charge in [0.1, 0.15) is 12.4 Å². The van der Waals surface area contributed by atoms with E-state index in [-0.39, 0.29) is 0 Å². The van der Waals surface area contributed by atoms with Crippen molar-refractivity contribution in [2.24, 2.45) is 0 Å². The minimum absolute atomic E-state index is 0.600. The lowest BCUT2D eigenvalue weighted by Crippen LogP contribution is -1.98. The molecule has 1 aromatic rings. The van der Waals surface area contributed by atoms with Crippen LogP contribution in [0.5, 0.6) is 0 Å². The number of rotatable bonds is 7. The molecule has 24 heavy (non-hydrogen) atoms. The largest absolute Gasteiger partial charge is 0.499 e. The van der Waals surface area contributed by atoms with Crippen LogP contribution in [0.25, 0.3) is 0 Å². The maximum atomic E-state index is 5.92.